The van der Waals surface area contributed by atoms with E-state index >= 15 is 0 Å². The van der Waals surface area contributed by atoms with Gasteiger partial charge in [0.05, 0.1) is 0 Å². The maximum absolute atomic E-state index is 10.9. The molecule has 0 spiro atoms. The molecule has 0 aliphatic heterocycles. The Kier molecular flexibility index (Phi) is 4.98. The predicted molar refractivity (Wildman–Crippen MR) is 52.2 cm³/mol. The Morgan fingerprint density at radius 3 is 2.31 bits per heavy atom. The van der Waals surface area contributed by atoms with Gasteiger partial charge in [-0.25, -0.2) is 8.42 Å². The Bertz CT molecular complexity index is 257. The summed E-state index contributed by atoms with van der Waals surface area (Å²) in [5, 5.41) is 2.55. The molecular formula is C8H17NO3S. The number of amides is 1. The van der Waals surface area contributed by atoms with Crippen molar-refractivity contribution in [3.05, 3.63) is 0 Å². The van der Waals surface area contributed by atoms with Crippen molar-refractivity contribution >= 4 is 15.7 Å². The van der Waals surface area contributed by atoms with Gasteiger partial charge in [0.15, 0.2) is 9.84 Å². The molecule has 4 nitrogen and oxygen atoms in total. The molecule has 1 N–H and O–H groups in total. The SMILES string of the molecule is CC(C)CCNC(=O)CS(C)(=O)=O. The number of hydrogen-bond donors (Lipinski definition) is 1. The normalized spacial score (nSPS) is 11.7. The van der Waals surface area contributed by atoms with Crippen LogP contribution in [0.15, 0.2) is 0 Å². The first kappa shape index (κ1) is 12.4. The predicted octanol–water partition coefficient (Wildman–Crippen LogP) is 0.193. The lowest BCUT2D eigenvalue weighted by molar-refractivity contribution is -0.118. The van der Waals surface area contributed by atoms with Gasteiger partial charge in [0.1, 0.15) is 5.75 Å². The van der Waals surface area contributed by atoms with Crippen LogP contribution in [-0.2, 0) is 14.6 Å². The van der Waals surface area contributed by atoms with Gasteiger partial charge in [-0.1, -0.05) is 13.8 Å². The van der Waals surface area contributed by atoms with Crippen molar-refractivity contribution in [2.24, 2.45) is 5.92 Å². The monoisotopic (exact) mass is 207 g/mol. The summed E-state index contributed by atoms with van der Waals surface area (Å²) in [5.74, 6) is -0.313. The van der Waals surface area contributed by atoms with E-state index in [1.54, 1.807) is 0 Å². The van der Waals surface area contributed by atoms with Crippen molar-refractivity contribution in [2.45, 2.75) is 20.3 Å². The summed E-state index contributed by atoms with van der Waals surface area (Å²) in [4.78, 5) is 10.9. The average molecular weight is 207 g/mol. The fourth-order valence-electron chi connectivity index (χ4n) is 0.789. The minimum absolute atomic E-state index is 0.412. The van der Waals surface area contributed by atoms with Crippen LogP contribution in [-0.4, -0.2) is 32.9 Å². The van der Waals surface area contributed by atoms with E-state index in [4.69, 9.17) is 0 Å². The van der Waals surface area contributed by atoms with Crippen molar-refractivity contribution in [3.63, 3.8) is 0 Å². The van der Waals surface area contributed by atoms with Crippen LogP contribution < -0.4 is 5.32 Å². The van der Waals surface area contributed by atoms with Crippen molar-refractivity contribution in [2.75, 3.05) is 18.6 Å². The quantitative estimate of drug-likeness (QED) is 0.700. The molecule has 0 atom stereocenters. The van der Waals surface area contributed by atoms with E-state index in [0.29, 0.717) is 12.5 Å². The molecule has 13 heavy (non-hydrogen) atoms. The van der Waals surface area contributed by atoms with E-state index in [1.807, 2.05) is 13.8 Å². The summed E-state index contributed by atoms with van der Waals surface area (Å²) in [5.41, 5.74) is 0. The third-order valence-corrected chi connectivity index (χ3v) is 2.22. The number of carbonyl (C=O) groups is 1. The standard InChI is InChI=1S/C8H17NO3S/c1-7(2)4-5-9-8(10)6-13(3,11)12/h7H,4-6H2,1-3H3,(H,9,10). The molecule has 5 heteroatoms. The number of rotatable bonds is 5. The fraction of sp³-hybridized carbons (Fsp3) is 0.875. The van der Waals surface area contributed by atoms with Gasteiger partial charge in [-0.15, -0.1) is 0 Å². The van der Waals surface area contributed by atoms with Gasteiger partial charge in [0.25, 0.3) is 0 Å². The van der Waals surface area contributed by atoms with Gasteiger partial charge < -0.3 is 5.32 Å². The van der Waals surface area contributed by atoms with Crippen LogP contribution in [0.4, 0.5) is 0 Å². The maximum Gasteiger partial charge on any atom is 0.235 e. The third kappa shape index (κ3) is 9.33. The minimum atomic E-state index is -3.19. The van der Waals surface area contributed by atoms with Crippen molar-refractivity contribution in [3.8, 4) is 0 Å². The van der Waals surface area contributed by atoms with E-state index in [2.05, 4.69) is 5.32 Å². The second kappa shape index (κ2) is 5.21. The lowest BCUT2D eigenvalue weighted by Gasteiger charge is -2.05. The molecule has 0 radical (unpaired) electrons. The second-order valence-electron chi connectivity index (χ2n) is 3.60. The molecule has 0 aliphatic carbocycles. The molecule has 0 unspecified atom stereocenters. The molecule has 0 rings (SSSR count). The van der Waals surface area contributed by atoms with Crippen molar-refractivity contribution in [1.29, 1.82) is 0 Å². The Labute approximate surface area is 79.6 Å². The van der Waals surface area contributed by atoms with Crippen LogP contribution in [0.2, 0.25) is 0 Å². The Morgan fingerprint density at radius 2 is 1.92 bits per heavy atom. The van der Waals surface area contributed by atoms with Crippen LogP contribution in [0.1, 0.15) is 20.3 Å². The van der Waals surface area contributed by atoms with Crippen LogP contribution in [0.5, 0.6) is 0 Å². The summed E-state index contributed by atoms with van der Waals surface area (Å²) in [6.07, 6.45) is 1.92. The first-order valence-electron chi connectivity index (χ1n) is 4.25. The van der Waals surface area contributed by atoms with Crippen LogP contribution in [0.3, 0.4) is 0 Å². The molecule has 0 aromatic rings. The fourth-order valence-corrected chi connectivity index (χ4v) is 1.37. The summed E-state index contributed by atoms with van der Waals surface area (Å²) in [6.45, 7) is 4.64. The van der Waals surface area contributed by atoms with Gasteiger partial charge in [0.2, 0.25) is 5.91 Å². The molecule has 0 saturated heterocycles. The smallest absolute Gasteiger partial charge is 0.235 e. The van der Waals surface area contributed by atoms with E-state index in [0.717, 1.165) is 12.7 Å². The van der Waals surface area contributed by atoms with Crippen molar-refractivity contribution in [1.82, 2.24) is 5.32 Å². The zero-order valence-corrected chi connectivity index (χ0v) is 9.15. The Balaban J connectivity index is 3.65. The maximum atomic E-state index is 10.9. The zero-order chi connectivity index (χ0) is 10.5. The Morgan fingerprint density at radius 1 is 1.38 bits per heavy atom. The molecule has 0 heterocycles. The van der Waals surface area contributed by atoms with Crippen LogP contribution in [0.25, 0.3) is 0 Å². The lowest BCUT2D eigenvalue weighted by atomic mass is 10.1. The number of sulfone groups is 1. The van der Waals surface area contributed by atoms with Gasteiger partial charge >= 0.3 is 0 Å². The van der Waals surface area contributed by atoms with Gasteiger partial charge in [0, 0.05) is 12.8 Å². The largest absolute Gasteiger partial charge is 0.355 e. The molecule has 78 valence electrons. The molecule has 0 saturated carbocycles. The number of hydrogen-bond acceptors (Lipinski definition) is 3. The lowest BCUT2D eigenvalue weighted by Crippen LogP contribution is -2.31. The molecule has 1 amide bonds. The van der Waals surface area contributed by atoms with Gasteiger partial charge in [-0.2, -0.15) is 0 Å². The van der Waals surface area contributed by atoms with E-state index < -0.39 is 21.5 Å². The second-order valence-corrected chi connectivity index (χ2v) is 5.74. The molecule has 0 aromatic heterocycles. The highest BCUT2D eigenvalue weighted by Crippen LogP contribution is 1.96. The third-order valence-electron chi connectivity index (χ3n) is 1.44. The first-order chi connectivity index (χ1) is 5.81. The van der Waals surface area contributed by atoms with E-state index in [9.17, 15) is 13.2 Å². The highest BCUT2D eigenvalue weighted by atomic mass is 32.2. The average Bonchev–Trinajstić information content (AvgIpc) is 1.81. The Hall–Kier alpha value is -0.580. The first-order valence-corrected chi connectivity index (χ1v) is 6.31. The minimum Gasteiger partial charge on any atom is -0.355 e. The molecule has 0 aliphatic rings. The topological polar surface area (TPSA) is 63.2 Å². The summed E-state index contributed by atoms with van der Waals surface area (Å²) in [6, 6.07) is 0. The van der Waals surface area contributed by atoms with Crippen molar-refractivity contribution < 1.29 is 13.2 Å². The van der Waals surface area contributed by atoms with Crippen LogP contribution >= 0.6 is 0 Å². The number of carbonyl (C=O) groups excluding carboxylic acids is 1. The highest BCUT2D eigenvalue weighted by Gasteiger charge is 2.09. The molecular weight excluding hydrogens is 190 g/mol. The molecule has 0 fully saturated rings. The summed E-state index contributed by atoms with van der Waals surface area (Å²) in [7, 11) is -3.19. The number of nitrogens with one attached hydrogen (secondary N) is 1. The van der Waals surface area contributed by atoms with Gasteiger partial charge in [-0.3, -0.25) is 4.79 Å². The van der Waals surface area contributed by atoms with E-state index in [-0.39, 0.29) is 0 Å². The van der Waals surface area contributed by atoms with Crippen LogP contribution in [0, 0.1) is 5.92 Å². The molecule has 0 bridgehead atoms. The van der Waals surface area contributed by atoms with E-state index in [1.165, 1.54) is 0 Å². The summed E-state index contributed by atoms with van der Waals surface area (Å²) < 4.78 is 21.4. The van der Waals surface area contributed by atoms with Gasteiger partial charge in [-0.05, 0) is 12.3 Å². The zero-order valence-electron chi connectivity index (χ0n) is 8.33. The summed E-state index contributed by atoms with van der Waals surface area (Å²) >= 11 is 0. The molecule has 0 aromatic carbocycles. The highest BCUT2D eigenvalue weighted by molar-refractivity contribution is 7.91.